The summed E-state index contributed by atoms with van der Waals surface area (Å²) in [5.41, 5.74) is 0.320. The molecule has 3 aromatic rings. The van der Waals surface area contributed by atoms with Gasteiger partial charge in [-0.25, -0.2) is 21.8 Å². The van der Waals surface area contributed by atoms with E-state index in [4.69, 9.17) is 9.47 Å². The van der Waals surface area contributed by atoms with E-state index in [0.29, 0.717) is 25.2 Å². The van der Waals surface area contributed by atoms with Crippen LogP contribution in [0.25, 0.3) is 0 Å². The Balaban J connectivity index is 1.67. The Kier molecular flexibility index (Phi) is 11.9. The average molecular weight is 698 g/mol. The molecular formula is C30H43N5O8S3. The predicted octanol–water partition coefficient (Wildman–Crippen LogP) is 3.40. The Hall–Kier alpha value is -3.02. The van der Waals surface area contributed by atoms with Crippen molar-refractivity contribution < 1.29 is 36.2 Å². The van der Waals surface area contributed by atoms with E-state index in [1.165, 1.54) is 40.9 Å². The van der Waals surface area contributed by atoms with Crippen LogP contribution in [0.4, 0.5) is 5.69 Å². The molecule has 0 saturated carbocycles. The van der Waals surface area contributed by atoms with Crippen LogP contribution in [-0.4, -0.2) is 98.2 Å². The van der Waals surface area contributed by atoms with Crippen molar-refractivity contribution >= 4 is 43.0 Å². The van der Waals surface area contributed by atoms with E-state index in [-0.39, 0.29) is 52.2 Å². The van der Waals surface area contributed by atoms with Gasteiger partial charge in [-0.1, -0.05) is 13.0 Å². The first-order chi connectivity index (χ1) is 21.7. The number of nitrogens with zero attached hydrogens (tertiary/aromatic N) is 4. The standard InChI is InChI=1S/C30H43N5O8S3/c1-21-16-35(22(2)19-36)30(37)25-15-24(32-45(38,39)29-10-8-14-44-29)11-12-26(25)43-23(3)9-6-7-13-42-27(21)17-34(5)46(40,41)28-18-33(4)20-31-28/h8,10-12,14-15,18,20-23,27,32,36H,6-7,9,13,16-17,19H2,1-5H3/t21-,22+,23+,27-/m0/s1. The number of amides is 1. The fourth-order valence-corrected chi connectivity index (χ4v) is 8.29. The number of hydrogen-bond donors (Lipinski definition) is 2. The molecule has 0 spiro atoms. The minimum Gasteiger partial charge on any atom is -0.490 e. The van der Waals surface area contributed by atoms with Crippen molar-refractivity contribution in [1.29, 1.82) is 0 Å². The molecule has 1 aromatic carbocycles. The number of ether oxygens (including phenoxy) is 2. The van der Waals surface area contributed by atoms with Crippen molar-refractivity contribution in [2.24, 2.45) is 13.0 Å². The molecule has 0 aliphatic carbocycles. The molecular weight excluding hydrogens is 655 g/mol. The molecule has 0 unspecified atom stereocenters. The van der Waals surface area contributed by atoms with E-state index in [1.807, 2.05) is 13.8 Å². The molecule has 0 bridgehead atoms. The van der Waals surface area contributed by atoms with Gasteiger partial charge in [0.15, 0.2) is 5.03 Å². The lowest BCUT2D eigenvalue weighted by atomic mass is 10.0. The number of fused-ring (bicyclic) bond motifs is 1. The number of carbonyl (C=O) groups excluding carboxylic acids is 1. The van der Waals surface area contributed by atoms with E-state index in [9.17, 15) is 26.7 Å². The number of thiophene rings is 1. The molecule has 16 heteroatoms. The van der Waals surface area contributed by atoms with Crippen molar-refractivity contribution in [3.05, 3.63) is 53.8 Å². The van der Waals surface area contributed by atoms with E-state index in [2.05, 4.69) is 9.71 Å². The SMILES string of the molecule is C[C@@H]1CCCCO[C@@H](CN(C)S(=O)(=O)c2cn(C)cn2)[C@@H](C)CN([C@H](C)CO)C(=O)c2cc(NS(=O)(=O)c3cccs3)ccc2O1. The van der Waals surface area contributed by atoms with Crippen LogP contribution in [0.3, 0.4) is 0 Å². The summed E-state index contributed by atoms with van der Waals surface area (Å²) in [5, 5.41) is 11.8. The number of aromatic nitrogens is 2. The molecule has 1 amide bonds. The molecule has 254 valence electrons. The number of nitrogens with one attached hydrogen (secondary N) is 1. The van der Waals surface area contributed by atoms with Crippen LogP contribution in [0.15, 0.2) is 57.5 Å². The summed E-state index contributed by atoms with van der Waals surface area (Å²) < 4.78 is 70.4. The molecule has 4 atom stereocenters. The number of imidazole rings is 1. The van der Waals surface area contributed by atoms with E-state index < -0.39 is 38.1 Å². The Morgan fingerprint density at radius 3 is 2.61 bits per heavy atom. The molecule has 4 rings (SSSR count). The number of rotatable bonds is 9. The fourth-order valence-electron chi connectivity index (χ4n) is 5.10. The normalized spacial score (nSPS) is 21.3. The number of aryl methyl sites for hydroxylation is 1. The summed E-state index contributed by atoms with van der Waals surface area (Å²) >= 11 is 1.08. The second-order valence-electron chi connectivity index (χ2n) is 11.7. The smallest absolute Gasteiger partial charge is 0.271 e. The zero-order valence-electron chi connectivity index (χ0n) is 26.7. The van der Waals surface area contributed by atoms with Crippen molar-refractivity contribution in [3.8, 4) is 5.75 Å². The van der Waals surface area contributed by atoms with E-state index in [0.717, 1.165) is 17.8 Å². The van der Waals surface area contributed by atoms with Gasteiger partial charge in [-0.2, -0.15) is 4.31 Å². The second kappa shape index (κ2) is 15.3. The Bertz CT molecular complexity index is 1680. The third-order valence-corrected chi connectivity index (χ3v) is 12.3. The first kappa shape index (κ1) is 35.8. The minimum atomic E-state index is -3.90. The lowest BCUT2D eigenvalue weighted by Crippen LogP contribution is -2.48. The quantitative estimate of drug-likeness (QED) is 0.342. The third-order valence-electron chi connectivity index (χ3n) is 7.86. The van der Waals surface area contributed by atoms with Crippen LogP contribution in [0.5, 0.6) is 5.75 Å². The number of anilines is 1. The van der Waals surface area contributed by atoms with Crippen molar-refractivity contribution in [1.82, 2.24) is 18.8 Å². The Labute approximate surface area is 275 Å². The van der Waals surface area contributed by atoms with Crippen molar-refractivity contribution in [2.75, 3.05) is 38.1 Å². The molecule has 3 heterocycles. The number of likely N-dealkylation sites (N-methyl/N-ethyl adjacent to an activating group) is 1. The van der Waals surface area contributed by atoms with Crippen LogP contribution in [0.1, 0.15) is 50.4 Å². The predicted molar refractivity (Wildman–Crippen MR) is 175 cm³/mol. The van der Waals surface area contributed by atoms with Gasteiger partial charge < -0.3 is 24.0 Å². The maximum absolute atomic E-state index is 14.3. The second-order valence-corrected chi connectivity index (χ2v) is 16.6. The summed E-state index contributed by atoms with van der Waals surface area (Å²) in [6.45, 7) is 5.64. The fraction of sp³-hybridized carbons (Fsp3) is 0.533. The highest BCUT2D eigenvalue weighted by Gasteiger charge is 2.33. The highest BCUT2D eigenvalue weighted by molar-refractivity contribution is 7.94. The number of benzene rings is 1. The number of aliphatic hydroxyl groups excluding tert-OH is 1. The van der Waals surface area contributed by atoms with Crippen LogP contribution >= 0.6 is 11.3 Å². The van der Waals surface area contributed by atoms with Gasteiger partial charge in [0.1, 0.15) is 9.96 Å². The van der Waals surface area contributed by atoms with Crippen LogP contribution < -0.4 is 9.46 Å². The highest BCUT2D eigenvalue weighted by atomic mass is 32.2. The molecule has 0 saturated heterocycles. The van der Waals surface area contributed by atoms with Gasteiger partial charge >= 0.3 is 0 Å². The molecule has 46 heavy (non-hydrogen) atoms. The van der Waals surface area contributed by atoms with Crippen molar-refractivity contribution in [2.45, 2.75) is 67.5 Å². The van der Waals surface area contributed by atoms with Gasteiger partial charge in [0.25, 0.3) is 26.0 Å². The van der Waals surface area contributed by atoms with Gasteiger partial charge in [0.05, 0.1) is 36.7 Å². The lowest BCUT2D eigenvalue weighted by Gasteiger charge is -2.35. The number of sulfonamides is 2. The molecule has 13 nitrogen and oxygen atoms in total. The van der Waals surface area contributed by atoms with Gasteiger partial charge in [-0.15, -0.1) is 11.3 Å². The van der Waals surface area contributed by atoms with Gasteiger partial charge in [0, 0.05) is 51.6 Å². The molecule has 2 aromatic heterocycles. The average Bonchev–Trinajstić information content (AvgIpc) is 3.72. The van der Waals surface area contributed by atoms with Crippen LogP contribution in [-0.2, 0) is 31.8 Å². The van der Waals surface area contributed by atoms with Gasteiger partial charge in [-0.3, -0.25) is 9.52 Å². The Morgan fingerprint density at radius 2 is 1.96 bits per heavy atom. The summed E-state index contributed by atoms with van der Waals surface area (Å²) in [4.78, 5) is 19.8. The zero-order valence-corrected chi connectivity index (χ0v) is 29.1. The van der Waals surface area contributed by atoms with Crippen LogP contribution in [0.2, 0.25) is 0 Å². The summed E-state index contributed by atoms with van der Waals surface area (Å²) in [6.07, 6.45) is 4.12. The summed E-state index contributed by atoms with van der Waals surface area (Å²) in [6, 6.07) is 7.08. The third kappa shape index (κ3) is 8.66. The molecule has 1 aliphatic rings. The number of hydrogen-bond acceptors (Lipinski definition) is 10. The zero-order chi connectivity index (χ0) is 33.6. The Morgan fingerprint density at radius 1 is 1.20 bits per heavy atom. The number of carbonyl (C=O) groups is 1. The van der Waals surface area contributed by atoms with E-state index >= 15 is 0 Å². The van der Waals surface area contributed by atoms with Crippen LogP contribution in [0, 0.1) is 5.92 Å². The maximum atomic E-state index is 14.3. The first-order valence-corrected chi connectivity index (χ1v) is 18.9. The lowest BCUT2D eigenvalue weighted by molar-refractivity contribution is -0.00835. The molecule has 0 fully saturated rings. The monoisotopic (exact) mass is 697 g/mol. The highest BCUT2D eigenvalue weighted by Crippen LogP contribution is 2.30. The summed E-state index contributed by atoms with van der Waals surface area (Å²) in [7, 11) is -4.62. The largest absolute Gasteiger partial charge is 0.490 e. The van der Waals surface area contributed by atoms with E-state index in [1.54, 1.807) is 42.1 Å². The molecule has 0 radical (unpaired) electrons. The van der Waals surface area contributed by atoms with Gasteiger partial charge in [-0.05, 0) is 62.8 Å². The maximum Gasteiger partial charge on any atom is 0.271 e. The van der Waals surface area contributed by atoms with Gasteiger partial charge in [0.2, 0.25) is 0 Å². The molecule has 2 N–H and O–H groups in total. The minimum absolute atomic E-state index is 0.0142. The number of aliphatic hydroxyl groups is 1. The summed E-state index contributed by atoms with van der Waals surface area (Å²) in [5.74, 6) is -0.547. The first-order valence-electron chi connectivity index (χ1n) is 15.1. The molecule has 1 aliphatic heterocycles. The topological polar surface area (TPSA) is 160 Å². The van der Waals surface area contributed by atoms with Crippen molar-refractivity contribution in [3.63, 3.8) is 0 Å².